The van der Waals surface area contributed by atoms with Crippen molar-refractivity contribution in [2.75, 3.05) is 6.61 Å². The maximum atomic E-state index is 13.5. The molecule has 9 heteroatoms. The molecular weight excluding hydrogens is 375 g/mol. The predicted octanol–water partition coefficient (Wildman–Crippen LogP) is 1.35. The van der Waals surface area contributed by atoms with Crippen LogP contribution in [-0.4, -0.2) is 32.9 Å². The van der Waals surface area contributed by atoms with E-state index in [0.29, 0.717) is 5.56 Å². The summed E-state index contributed by atoms with van der Waals surface area (Å²) < 4.78 is 44.7. The summed E-state index contributed by atoms with van der Waals surface area (Å²) in [6, 6.07) is 12.3. The molecule has 0 aliphatic heterocycles. The van der Waals surface area contributed by atoms with Gasteiger partial charge in [0, 0.05) is 12.1 Å². The van der Waals surface area contributed by atoms with Crippen LogP contribution in [0.4, 0.5) is 4.39 Å². The number of carbonyl (C=O) groups is 2. The van der Waals surface area contributed by atoms with Gasteiger partial charge in [-0.05, 0) is 25.1 Å². The number of hydrogen-bond acceptors (Lipinski definition) is 5. The summed E-state index contributed by atoms with van der Waals surface area (Å²) in [5.41, 5.74) is 0.293. The monoisotopic (exact) mass is 394 g/mol. The van der Waals surface area contributed by atoms with Gasteiger partial charge in [0.05, 0.1) is 4.90 Å². The van der Waals surface area contributed by atoms with Gasteiger partial charge in [-0.15, -0.1) is 0 Å². The van der Waals surface area contributed by atoms with Gasteiger partial charge in [0.15, 0.2) is 6.61 Å². The van der Waals surface area contributed by atoms with Crippen molar-refractivity contribution in [2.45, 2.75) is 24.4 Å². The Labute approximate surface area is 156 Å². The van der Waals surface area contributed by atoms with Crippen molar-refractivity contribution in [3.05, 3.63) is 66.0 Å². The molecule has 0 fully saturated rings. The molecule has 0 saturated heterocycles. The number of esters is 1. The molecule has 2 aromatic rings. The first kappa shape index (κ1) is 20.5. The lowest BCUT2D eigenvalue weighted by Crippen LogP contribution is -2.40. The number of sulfonamides is 1. The molecule has 0 unspecified atom stereocenters. The number of benzene rings is 2. The van der Waals surface area contributed by atoms with Crippen molar-refractivity contribution >= 4 is 21.9 Å². The number of halogens is 1. The summed E-state index contributed by atoms with van der Waals surface area (Å²) in [6.07, 6.45) is 0. The molecule has 0 saturated carbocycles. The van der Waals surface area contributed by atoms with E-state index in [1.807, 2.05) is 0 Å². The number of nitrogens with one attached hydrogen (secondary N) is 2. The topological polar surface area (TPSA) is 102 Å². The minimum Gasteiger partial charge on any atom is -0.454 e. The zero-order valence-electron chi connectivity index (χ0n) is 14.5. The first-order valence-corrected chi connectivity index (χ1v) is 9.52. The number of carbonyl (C=O) groups excluding carboxylic acids is 2. The third-order valence-corrected chi connectivity index (χ3v) is 5.07. The highest BCUT2D eigenvalue weighted by Gasteiger charge is 2.23. The van der Waals surface area contributed by atoms with Crippen LogP contribution in [0.1, 0.15) is 12.5 Å². The molecule has 0 aliphatic rings. The molecule has 144 valence electrons. The van der Waals surface area contributed by atoms with Gasteiger partial charge in [0.1, 0.15) is 11.9 Å². The minimum absolute atomic E-state index is 0.00674. The van der Waals surface area contributed by atoms with E-state index in [4.69, 9.17) is 4.74 Å². The van der Waals surface area contributed by atoms with Gasteiger partial charge in [0.2, 0.25) is 10.0 Å². The molecule has 0 heterocycles. The smallest absolute Gasteiger partial charge is 0.324 e. The Morgan fingerprint density at radius 1 is 1.07 bits per heavy atom. The summed E-state index contributed by atoms with van der Waals surface area (Å²) >= 11 is 0. The fraction of sp³-hybridized carbons (Fsp3) is 0.222. The Balaban J connectivity index is 1.81. The molecule has 0 aliphatic carbocycles. The Morgan fingerprint density at radius 3 is 2.37 bits per heavy atom. The molecule has 2 N–H and O–H groups in total. The van der Waals surface area contributed by atoms with E-state index in [0.717, 1.165) is 0 Å². The van der Waals surface area contributed by atoms with Gasteiger partial charge >= 0.3 is 5.97 Å². The first-order chi connectivity index (χ1) is 12.8. The number of amides is 1. The zero-order valence-corrected chi connectivity index (χ0v) is 15.3. The fourth-order valence-electron chi connectivity index (χ4n) is 2.10. The van der Waals surface area contributed by atoms with Gasteiger partial charge in [0.25, 0.3) is 5.91 Å². The second-order valence-electron chi connectivity index (χ2n) is 5.63. The normalized spacial score (nSPS) is 12.2. The van der Waals surface area contributed by atoms with E-state index in [9.17, 15) is 22.4 Å². The summed E-state index contributed by atoms with van der Waals surface area (Å²) in [7, 11) is -3.89. The van der Waals surface area contributed by atoms with Crippen molar-refractivity contribution < 1.29 is 27.1 Å². The second kappa shape index (κ2) is 9.24. The molecule has 0 spiro atoms. The lowest BCUT2D eigenvalue weighted by Gasteiger charge is -2.14. The molecule has 1 atom stereocenters. The molecule has 0 aromatic heterocycles. The molecule has 7 nitrogen and oxygen atoms in total. The van der Waals surface area contributed by atoms with Gasteiger partial charge < -0.3 is 10.1 Å². The fourth-order valence-corrected chi connectivity index (χ4v) is 3.31. The van der Waals surface area contributed by atoms with E-state index in [1.165, 1.54) is 37.3 Å². The SMILES string of the molecule is C[C@H](NS(=O)(=O)c1ccccc1)C(=O)OCC(=O)NCc1ccccc1F. The molecule has 27 heavy (non-hydrogen) atoms. The largest absolute Gasteiger partial charge is 0.454 e. The van der Waals surface area contributed by atoms with Crippen molar-refractivity contribution in [2.24, 2.45) is 0 Å². The molecule has 2 rings (SSSR count). The Morgan fingerprint density at radius 2 is 1.70 bits per heavy atom. The van der Waals surface area contributed by atoms with Gasteiger partial charge in [-0.1, -0.05) is 36.4 Å². The predicted molar refractivity (Wildman–Crippen MR) is 95.4 cm³/mol. The maximum Gasteiger partial charge on any atom is 0.324 e. The zero-order chi connectivity index (χ0) is 19.9. The van der Waals surface area contributed by atoms with Crippen LogP contribution in [0.2, 0.25) is 0 Å². The number of hydrogen-bond donors (Lipinski definition) is 2. The quantitative estimate of drug-likeness (QED) is 0.658. The van der Waals surface area contributed by atoms with Crippen LogP contribution in [-0.2, 0) is 30.9 Å². The molecule has 1 amide bonds. The summed E-state index contributed by atoms with van der Waals surface area (Å²) in [5.74, 6) is -2.00. The number of ether oxygens (including phenoxy) is 1. The van der Waals surface area contributed by atoms with Crippen molar-refractivity contribution in [3.63, 3.8) is 0 Å². The average Bonchev–Trinajstić information content (AvgIpc) is 2.65. The van der Waals surface area contributed by atoms with Gasteiger partial charge in [-0.2, -0.15) is 4.72 Å². The third-order valence-electron chi connectivity index (χ3n) is 3.52. The average molecular weight is 394 g/mol. The summed E-state index contributed by atoms with van der Waals surface area (Å²) in [5, 5.41) is 2.41. The van der Waals surface area contributed by atoms with Crippen LogP contribution in [0, 0.1) is 5.82 Å². The van der Waals surface area contributed by atoms with Crippen LogP contribution in [0.3, 0.4) is 0 Å². The lowest BCUT2D eigenvalue weighted by atomic mass is 10.2. The summed E-state index contributed by atoms with van der Waals surface area (Å²) in [6.45, 7) is 0.643. The van der Waals surface area contributed by atoms with E-state index < -0.39 is 40.4 Å². The van der Waals surface area contributed by atoms with Gasteiger partial charge in [-0.3, -0.25) is 9.59 Å². The van der Waals surface area contributed by atoms with E-state index in [2.05, 4.69) is 10.0 Å². The highest BCUT2D eigenvalue weighted by atomic mass is 32.2. The molecule has 2 aromatic carbocycles. The second-order valence-corrected chi connectivity index (χ2v) is 7.35. The van der Waals surface area contributed by atoms with Crippen LogP contribution >= 0.6 is 0 Å². The lowest BCUT2D eigenvalue weighted by molar-refractivity contribution is -0.149. The highest BCUT2D eigenvalue weighted by Crippen LogP contribution is 2.08. The van der Waals surface area contributed by atoms with Crippen molar-refractivity contribution in [1.82, 2.24) is 10.0 Å². The molecule has 0 bridgehead atoms. The highest BCUT2D eigenvalue weighted by molar-refractivity contribution is 7.89. The first-order valence-electron chi connectivity index (χ1n) is 8.04. The van der Waals surface area contributed by atoms with Crippen molar-refractivity contribution in [3.8, 4) is 0 Å². The Bertz CT molecular complexity index is 903. The third kappa shape index (κ3) is 6.15. The van der Waals surface area contributed by atoms with Crippen LogP contribution in [0.15, 0.2) is 59.5 Å². The Hall–Kier alpha value is -2.78. The van der Waals surface area contributed by atoms with Crippen molar-refractivity contribution in [1.29, 1.82) is 0 Å². The molecular formula is C18H19FN2O5S. The van der Waals surface area contributed by atoms with Gasteiger partial charge in [-0.25, -0.2) is 12.8 Å². The molecule has 0 radical (unpaired) electrons. The van der Waals surface area contributed by atoms with E-state index >= 15 is 0 Å². The number of rotatable bonds is 8. The van der Waals surface area contributed by atoms with E-state index in [-0.39, 0.29) is 11.4 Å². The van der Waals surface area contributed by atoms with Crippen LogP contribution < -0.4 is 10.0 Å². The maximum absolute atomic E-state index is 13.5. The van der Waals surface area contributed by atoms with Crippen LogP contribution in [0.5, 0.6) is 0 Å². The Kier molecular flexibility index (Phi) is 7.03. The van der Waals surface area contributed by atoms with Crippen LogP contribution in [0.25, 0.3) is 0 Å². The minimum atomic E-state index is -3.89. The summed E-state index contributed by atoms with van der Waals surface area (Å²) in [4.78, 5) is 23.6. The van der Waals surface area contributed by atoms with E-state index in [1.54, 1.807) is 24.3 Å². The standard InChI is InChI=1S/C18H19FN2O5S/c1-13(21-27(24,25)15-8-3-2-4-9-15)18(23)26-12-17(22)20-11-14-7-5-6-10-16(14)19/h2-10,13,21H,11-12H2,1H3,(H,20,22)/t13-/m0/s1.